The molecule has 0 spiro atoms. The van der Waals surface area contributed by atoms with Crippen LogP contribution in [0.5, 0.6) is 0 Å². The molecule has 2 aromatic carbocycles. The summed E-state index contributed by atoms with van der Waals surface area (Å²) in [6, 6.07) is 12.4. The summed E-state index contributed by atoms with van der Waals surface area (Å²) in [4.78, 5) is 14.3. The Kier molecular flexibility index (Phi) is 6.21. The van der Waals surface area contributed by atoms with Crippen LogP contribution in [0.1, 0.15) is 48.9 Å². The highest BCUT2D eigenvalue weighted by Crippen LogP contribution is 2.32. The van der Waals surface area contributed by atoms with Gasteiger partial charge in [0.2, 0.25) is 5.91 Å². The van der Waals surface area contributed by atoms with Crippen LogP contribution in [-0.4, -0.2) is 27.9 Å². The second kappa shape index (κ2) is 8.86. The van der Waals surface area contributed by atoms with Crippen molar-refractivity contribution >= 4 is 34.4 Å². The molecular weight excluding hydrogens is 390 g/mol. The van der Waals surface area contributed by atoms with E-state index in [9.17, 15) is 4.79 Å². The van der Waals surface area contributed by atoms with E-state index in [4.69, 9.17) is 0 Å². The standard InChI is InChI=1S/C25H31N3OS/c1-17-9-8-10-18(2)24(17)26-25(29)20(4)28-16-19(3)22-15-21(11-12-23(22)28)30-27-13-6-5-7-14-27/h8-12,15-16,20H,5-7,13-14H2,1-4H3,(H,26,29). The van der Waals surface area contributed by atoms with Gasteiger partial charge in [-0.3, -0.25) is 4.79 Å². The maximum absolute atomic E-state index is 13.1. The summed E-state index contributed by atoms with van der Waals surface area (Å²) >= 11 is 1.86. The van der Waals surface area contributed by atoms with Gasteiger partial charge in [-0.2, -0.15) is 0 Å². The number of hydrogen-bond acceptors (Lipinski definition) is 3. The van der Waals surface area contributed by atoms with Crippen LogP contribution in [0.3, 0.4) is 0 Å². The molecule has 4 nitrogen and oxygen atoms in total. The molecule has 0 bridgehead atoms. The molecule has 1 aliphatic rings. The van der Waals surface area contributed by atoms with E-state index in [2.05, 4.69) is 45.5 Å². The largest absolute Gasteiger partial charge is 0.335 e. The molecule has 5 heteroatoms. The van der Waals surface area contributed by atoms with Gasteiger partial charge in [-0.25, -0.2) is 4.31 Å². The van der Waals surface area contributed by atoms with Gasteiger partial charge >= 0.3 is 0 Å². The maximum atomic E-state index is 13.1. The van der Waals surface area contributed by atoms with Crippen molar-refractivity contribution in [1.82, 2.24) is 8.87 Å². The Morgan fingerprint density at radius 1 is 1.00 bits per heavy atom. The number of aromatic nitrogens is 1. The number of piperidine rings is 1. The monoisotopic (exact) mass is 421 g/mol. The molecule has 1 aliphatic heterocycles. The van der Waals surface area contributed by atoms with Gasteiger partial charge in [-0.15, -0.1) is 0 Å². The Morgan fingerprint density at radius 2 is 1.70 bits per heavy atom. The van der Waals surface area contributed by atoms with E-state index in [1.54, 1.807) is 0 Å². The van der Waals surface area contributed by atoms with Crippen molar-refractivity contribution in [3.8, 4) is 0 Å². The first-order valence-corrected chi connectivity index (χ1v) is 11.6. The van der Waals surface area contributed by atoms with Crippen molar-refractivity contribution in [2.24, 2.45) is 0 Å². The average Bonchev–Trinajstić information content (AvgIpc) is 3.07. The Morgan fingerprint density at radius 3 is 2.40 bits per heavy atom. The van der Waals surface area contributed by atoms with E-state index in [0.717, 1.165) is 35.4 Å². The average molecular weight is 422 g/mol. The van der Waals surface area contributed by atoms with Crippen molar-refractivity contribution < 1.29 is 4.79 Å². The fraction of sp³-hybridized carbons (Fsp3) is 0.400. The van der Waals surface area contributed by atoms with E-state index in [1.807, 2.05) is 50.9 Å². The molecule has 2 heterocycles. The number of carbonyl (C=O) groups is 1. The van der Waals surface area contributed by atoms with Crippen LogP contribution in [0.2, 0.25) is 0 Å². The van der Waals surface area contributed by atoms with Gasteiger partial charge in [0.15, 0.2) is 0 Å². The Bertz CT molecular complexity index is 1050. The lowest BCUT2D eigenvalue weighted by Crippen LogP contribution is -2.24. The summed E-state index contributed by atoms with van der Waals surface area (Å²) < 4.78 is 4.57. The Labute approximate surface area is 183 Å². The SMILES string of the molecule is Cc1cccc(C)c1NC(=O)C(C)n1cc(C)c2cc(SN3CCCCC3)ccc21. The van der Waals surface area contributed by atoms with E-state index in [0.29, 0.717) is 0 Å². The van der Waals surface area contributed by atoms with Crippen LogP contribution in [0.15, 0.2) is 47.5 Å². The number of benzene rings is 2. The molecule has 0 radical (unpaired) electrons. The first kappa shape index (κ1) is 21.0. The zero-order chi connectivity index (χ0) is 21.3. The third kappa shape index (κ3) is 4.28. The molecule has 158 valence electrons. The molecule has 1 atom stereocenters. The van der Waals surface area contributed by atoms with Gasteiger partial charge in [-0.05, 0) is 87.4 Å². The lowest BCUT2D eigenvalue weighted by Gasteiger charge is -2.25. The second-order valence-corrected chi connectivity index (χ2v) is 9.58. The molecule has 0 aliphatic carbocycles. The molecule has 30 heavy (non-hydrogen) atoms. The van der Waals surface area contributed by atoms with Crippen molar-refractivity contribution in [2.45, 2.75) is 57.9 Å². The zero-order valence-electron chi connectivity index (χ0n) is 18.4. The van der Waals surface area contributed by atoms with Crippen molar-refractivity contribution in [1.29, 1.82) is 0 Å². The fourth-order valence-corrected chi connectivity index (χ4v) is 5.29. The molecule has 1 saturated heterocycles. The van der Waals surface area contributed by atoms with Crippen molar-refractivity contribution in [3.63, 3.8) is 0 Å². The summed E-state index contributed by atoms with van der Waals surface area (Å²) in [6.07, 6.45) is 6.03. The lowest BCUT2D eigenvalue weighted by molar-refractivity contribution is -0.118. The van der Waals surface area contributed by atoms with Gasteiger partial charge in [0.1, 0.15) is 6.04 Å². The van der Waals surface area contributed by atoms with Gasteiger partial charge in [0, 0.05) is 40.8 Å². The minimum absolute atomic E-state index is 0.0102. The minimum atomic E-state index is -0.291. The molecule has 1 fully saturated rings. The number of anilines is 1. The van der Waals surface area contributed by atoms with Crippen LogP contribution in [0.4, 0.5) is 5.69 Å². The number of fused-ring (bicyclic) bond motifs is 1. The van der Waals surface area contributed by atoms with Gasteiger partial charge in [0.25, 0.3) is 0 Å². The number of rotatable bonds is 5. The molecule has 1 N–H and O–H groups in total. The molecule has 4 rings (SSSR count). The van der Waals surface area contributed by atoms with Crippen LogP contribution in [0, 0.1) is 20.8 Å². The number of amides is 1. The van der Waals surface area contributed by atoms with Gasteiger partial charge in [0.05, 0.1) is 0 Å². The third-order valence-corrected chi connectivity index (χ3v) is 7.17. The third-order valence-electron chi connectivity index (χ3n) is 6.08. The smallest absolute Gasteiger partial charge is 0.247 e. The zero-order valence-corrected chi connectivity index (χ0v) is 19.2. The Hall–Kier alpha value is -2.24. The number of hydrogen-bond donors (Lipinski definition) is 1. The summed E-state index contributed by atoms with van der Waals surface area (Å²) in [7, 11) is 0. The van der Waals surface area contributed by atoms with Crippen LogP contribution >= 0.6 is 11.9 Å². The van der Waals surface area contributed by atoms with Crippen LogP contribution in [-0.2, 0) is 4.79 Å². The van der Waals surface area contributed by atoms with Crippen LogP contribution in [0.25, 0.3) is 10.9 Å². The topological polar surface area (TPSA) is 37.3 Å². The molecule has 1 aromatic heterocycles. The first-order chi connectivity index (χ1) is 14.4. The van der Waals surface area contributed by atoms with E-state index in [-0.39, 0.29) is 11.9 Å². The minimum Gasteiger partial charge on any atom is -0.335 e. The number of aryl methyl sites for hydroxylation is 3. The number of nitrogens with zero attached hydrogens (tertiary/aromatic N) is 2. The molecule has 1 amide bonds. The van der Waals surface area contributed by atoms with Gasteiger partial charge in [-0.1, -0.05) is 24.6 Å². The number of carbonyl (C=O) groups excluding carboxylic acids is 1. The van der Waals surface area contributed by atoms with Crippen molar-refractivity contribution in [2.75, 3.05) is 18.4 Å². The fourth-order valence-electron chi connectivity index (χ4n) is 4.25. The maximum Gasteiger partial charge on any atom is 0.247 e. The molecule has 0 saturated carbocycles. The van der Waals surface area contributed by atoms with Crippen LogP contribution < -0.4 is 5.32 Å². The normalized spacial score (nSPS) is 16.0. The van der Waals surface area contributed by atoms with Crippen molar-refractivity contribution in [3.05, 3.63) is 59.3 Å². The highest BCUT2D eigenvalue weighted by atomic mass is 32.2. The first-order valence-electron chi connectivity index (χ1n) is 10.9. The quantitative estimate of drug-likeness (QED) is 0.494. The number of para-hydroxylation sites is 1. The van der Waals surface area contributed by atoms with E-state index < -0.39 is 0 Å². The molecule has 1 unspecified atom stereocenters. The summed E-state index contributed by atoms with van der Waals surface area (Å²) in [5, 5.41) is 4.37. The molecule has 3 aromatic rings. The summed E-state index contributed by atoms with van der Waals surface area (Å²) in [6.45, 7) is 10.5. The predicted molar refractivity (Wildman–Crippen MR) is 127 cm³/mol. The highest BCUT2D eigenvalue weighted by molar-refractivity contribution is 7.97. The molecular formula is C25H31N3OS. The Balaban J connectivity index is 1.56. The predicted octanol–water partition coefficient (Wildman–Crippen LogP) is 6.26. The highest BCUT2D eigenvalue weighted by Gasteiger charge is 2.20. The summed E-state index contributed by atoms with van der Waals surface area (Å²) in [5.41, 5.74) is 5.41. The second-order valence-electron chi connectivity index (χ2n) is 8.41. The van der Waals surface area contributed by atoms with E-state index in [1.165, 1.54) is 35.1 Å². The van der Waals surface area contributed by atoms with E-state index >= 15 is 0 Å². The summed E-state index contributed by atoms with van der Waals surface area (Å²) in [5.74, 6) is 0.0102. The van der Waals surface area contributed by atoms with Gasteiger partial charge < -0.3 is 9.88 Å². The number of nitrogens with one attached hydrogen (secondary N) is 1. The lowest BCUT2D eigenvalue weighted by atomic mass is 10.1.